The summed E-state index contributed by atoms with van der Waals surface area (Å²) in [6, 6.07) is 0. The molecule has 17 heavy (non-hydrogen) atoms. The number of nitrogens with zero attached hydrogens (tertiary/aromatic N) is 3. The first kappa shape index (κ1) is 11.7. The Hall–Kier alpha value is -1.76. The molecule has 0 aliphatic heterocycles. The third kappa shape index (κ3) is 2.88. The zero-order valence-electron chi connectivity index (χ0n) is 9.65. The maximum Gasteiger partial charge on any atom is 0.291 e. The van der Waals surface area contributed by atoms with Gasteiger partial charge in [-0.2, -0.15) is 0 Å². The molecule has 0 radical (unpaired) electrons. The summed E-state index contributed by atoms with van der Waals surface area (Å²) in [5.41, 5.74) is 0.854. The second kappa shape index (κ2) is 5.05. The van der Waals surface area contributed by atoms with E-state index in [4.69, 9.17) is 0 Å². The predicted octanol–water partition coefficient (Wildman–Crippen LogP) is 1.06. The van der Waals surface area contributed by atoms with E-state index < -0.39 is 0 Å². The summed E-state index contributed by atoms with van der Waals surface area (Å²) in [5, 5.41) is 12.2. The fourth-order valence-electron chi connectivity index (χ4n) is 1.29. The Kier molecular flexibility index (Phi) is 3.48. The van der Waals surface area contributed by atoms with Crippen LogP contribution >= 0.6 is 11.3 Å². The molecule has 0 aromatic carbocycles. The van der Waals surface area contributed by atoms with Crippen molar-refractivity contribution < 1.29 is 4.79 Å². The largest absolute Gasteiger partial charge is 0.344 e. The van der Waals surface area contributed by atoms with E-state index in [1.165, 1.54) is 0 Å². The minimum atomic E-state index is -0.286. The number of nitrogens with one attached hydrogen (secondary N) is 2. The summed E-state index contributed by atoms with van der Waals surface area (Å²) in [5.74, 6) is 0.597. The molecule has 0 bridgehead atoms. The van der Waals surface area contributed by atoms with E-state index in [0.29, 0.717) is 12.4 Å². The van der Waals surface area contributed by atoms with Crippen LogP contribution in [0.25, 0.3) is 0 Å². The molecule has 0 saturated carbocycles. The van der Waals surface area contributed by atoms with E-state index in [1.54, 1.807) is 11.3 Å². The molecule has 0 atom stereocenters. The van der Waals surface area contributed by atoms with Crippen molar-refractivity contribution in [3.63, 3.8) is 0 Å². The van der Waals surface area contributed by atoms with Crippen molar-refractivity contribution in [2.45, 2.75) is 26.8 Å². The van der Waals surface area contributed by atoms with Crippen molar-refractivity contribution in [1.29, 1.82) is 0 Å². The summed E-state index contributed by atoms with van der Waals surface area (Å²) >= 11 is 1.56. The van der Waals surface area contributed by atoms with Crippen molar-refractivity contribution in [3.05, 3.63) is 27.7 Å². The van der Waals surface area contributed by atoms with E-state index in [0.717, 1.165) is 17.1 Å². The van der Waals surface area contributed by atoms with Gasteiger partial charge in [0.1, 0.15) is 5.82 Å². The molecular weight excluding hydrogens is 238 g/mol. The quantitative estimate of drug-likeness (QED) is 0.851. The highest BCUT2D eigenvalue weighted by Crippen LogP contribution is 2.07. The van der Waals surface area contributed by atoms with Gasteiger partial charge in [0.2, 0.25) is 5.82 Å². The van der Waals surface area contributed by atoms with Gasteiger partial charge in [-0.1, -0.05) is 6.92 Å². The molecule has 2 heterocycles. The van der Waals surface area contributed by atoms with Gasteiger partial charge >= 0.3 is 0 Å². The zero-order valence-corrected chi connectivity index (χ0v) is 10.5. The van der Waals surface area contributed by atoms with Gasteiger partial charge in [0.05, 0.1) is 17.2 Å². The van der Waals surface area contributed by atoms with Crippen LogP contribution < -0.4 is 5.32 Å². The SMILES string of the molecule is CCc1nc(C(=O)NCc2csc(C)n2)n[nH]1. The molecule has 0 spiro atoms. The Morgan fingerprint density at radius 2 is 2.35 bits per heavy atom. The topological polar surface area (TPSA) is 83.6 Å². The lowest BCUT2D eigenvalue weighted by molar-refractivity contribution is 0.0940. The molecule has 2 N–H and O–H groups in total. The Labute approximate surface area is 103 Å². The molecule has 0 aliphatic rings. The van der Waals surface area contributed by atoms with E-state index >= 15 is 0 Å². The van der Waals surface area contributed by atoms with Crippen molar-refractivity contribution >= 4 is 17.2 Å². The van der Waals surface area contributed by atoms with Crippen LogP contribution in [0.3, 0.4) is 0 Å². The van der Waals surface area contributed by atoms with Crippen LogP contribution in [0.15, 0.2) is 5.38 Å². The summed E-state index contributed by atoms with van der Waals surface area (Å²) in [4.78, 5) is 20.0. The lowest BCUT2D eigenvalue weighted by atomic mass is 10.4. The van der Waals surface area contributed by atoms with Gasteiger partial charge < -0.3 is 5.32 Å². The molecule has 6 nitrogen and oxygen atoms in total. The summed E-state index contributed by atoms with van der Waals surface area (Å²) < 4.78 is 0. The number of hydrogen-bond acceptors (Lipinski definition) is 5. The number of rotatable bonds is 4. The number of carbonyl (C=O) groups is 1. The third-order valence-electron chi connectivity index (χ3n) is 2.17. The number of carbonyl (C=O) groups excluding carboxylic acids is 1. The molecule has 0 aliphatic carbocycles. The number of aromatic amines is 1. The number of thiazole rings is 1. The van der Waals surface area contributed by atoms with Crippen LogP contribution in [-0.4, -0.2) is 26.1 Å². The molecule has 1 amide bonds. The fourth-order valence-corrected chi connectivity index (χ4v) is 1.91. The summed E-state index contributed by atoms with van der Waals surface area (Å²) in [6.45, 7) is 4.28. The van der Waals surface area contributed by atoms with Gasteiger partial charge in [-0.15, -0.1) is 16.4 Å². The first-order valence-electron chi connectivity index (χ1n) is 5.29. The Morgan fingerprint density at radius 3 is 2.94 bits per heavy atom. The number of aryl methyl sites for hydroxylation is 2. The molecular formula is C10H13N5OS. The molecule has 90 valence electrons. The lowest BCUT2D eigenvalue weighted by Gasteiger charge is -1.98. The molecule has 7 heteroatoms. The summed E-state index contributed by atoms with van der Waals surface area (Å²) in [7, 11) is 0. The van der Waals surface area contributed by atoms with Crippen LogP contribution in [0.5, 0.6) is 0 Å². The van der Waals surface area contributed by atoms with Crippen LogP contribution in [0.4, 0.5) is 0 Å². The Morgan fingerprint density at radius 1 is 1.53 bits per heavy atom. The van der Waals surface area contributed by atoms with E-state index in [2.05, 4.69) is 25.5 Å². The van der Waals surface area contributed by atoms with Gasteiger partial charge in [-0.25, -0.2) is 9.97 Å². The minimum absolute atomic E-state index is 0.175. The number of H-pyrrole nitrogens is 1. The average molecular weight is 251 g/mol. The van der Waals surface area contributed by atoms with Gasteiger partial charge in [-0.05, 0) is 6.92 Å². The molecule has 0 fully saturated rings. The number of aromatic nitrogens is 4. The summed E-state index contributed by atoms with van der Waals surface area (Å²) in [6.07, 6.45) is 0.728. The second-order valence-electron chi connectivity index (χ2n) is 3.50. The zero-order chi connectivity index (χ0) is 12.3. The minimum Gasteiger partial charge on any atom is -0.344 e. The normalized spacial score (nSPS) is 10.5. The van der Waals surface area contributed by atoms with Crippen molar-refractivity contribution in [3.8, 4) is 0 Å². The van der Waals surface area contributed by atoms with Crippen molar-refractivity contribution in [1.82, 2.24) is 25.5 Å². The van der Waals surface area contributed by atoms with Gasteiger partial charge in [0.25, 0.3) is 5.91 Å². The Balaban J connectivity index is 1.93. The number of amides is 1. The maximum absolute atomic E-state index is 11.7. The van der Waals surface area contributed by atoms with Crippen LogP contribution in [0, 0.1) is 6.92 Å². The van der Waals surface area contributed by atoms with Crippen LogP contribution in [0.1, 0.15) is 34.1 Å². The standard InChI is InChI=1S/C10H13N5OS/c1-3-8-13-9(15-14-8)10(16)11-4-7-5-17-6(2)12-7/h5H,3-4H2,1-2H3,(H,11,16)(H,13,14,15). The third-order valence-corrected chi connectivity index (χ3v) is 2.99. The molecule has 0 unspecified atom stereocenters. The van der Waals surface area contributed by atoms with Crippen molar-refractivity contribution in [2.75, 3.05) is 0 Å². The Bertz CT molecular complexity index is 518. The van der Waals surface area contributed by atoms with Crippen molar-refractivity contribution in [2.24, 2.45) is 0 Å². The van der Waals surface area contributed by atoms with Crippen LogP contribution in [0.2, 0.25) is 0 Å². The highest BCUT2D eigenvalue weighted by molar-refractivity contribution is 7.09. The van der Waals surface area contributed by atoms with E-state index in [1.807, 2.05) is 19.2 Å². The molecule has 2 rings (SSSR count). The fraction of sp³-hybridized carbons (Fsp3) is 0.400. The molecule has 2 aromatic heterocycles. The maximum atomic E-state index is 11.7. The first-order valence-corrected chi connectivity index (χ1v) is 6.17. The molecule has 2 aromatic rings. The second-order valence-corrected chi connectivity index (χ2v) is 4.56. The first-order chi connectivity index (χ1) is 8.19. The smallest absolute Gasteiger partial charge is 0.291 e. The van der Waals surface area contributed by atoms with Gasteiger partial charge in [0, 0.05) is 11.8 Å². The predicted molar refractivity (Wildman–Crippen MR) is 63.8 cm³/mol. The van der Waals surface area contributed by atoms with E-state index in [9.17, 15) is 4.79 Å². The lowest BCUT2D eigenvalue weighted by Crippen LogP contribution is -2.24. The van der Waals surface area contributed by atoms with Gasteiger partial charge in [0.15, 0.2) is 0 Å². The number of hydrogen-bond donors (Lipinski definition) is 2. The highest BCUT2D eigenvalue weighted by atomic mass is 32.1. The monoisotopic (exact) mass is 251 g/mol. The molecule has 0 saturated heterocycles. The van der Waals surface area contributed by atoms with E-state index in [-0.39, 0.29) is 11.7 Å². The highest BCUT2D eigenvalue weighted by Gasteiger charge is 2.11. The van der Waals surface area contributed by atoms with Gasteiger partial charge in [-0.3, -0.25) is 9.89 Å². The average Bonchev–Trinajstić information content (AvgIpc) is 2.94. The van der Waals surface area contributed by atoms with Crippen LogP contribution in [-0.2, 0) is 13.0 Å².